The van der Waals surface area contributed by atoms with Gasteiger partial charge in [-0.15, -0.1) is 0 Å². The Bertz CT molecular complexity index is 674. The van der Waals surface area contributed by atoms with E-state index in [1.807, 2.05) is 0 Å². The number of hydrogen-bond acceptors (Lipinski definition) is 3. The van der Waals surface area contributed by atoms with Gasteiger partial charge in [0.2, 0.25) is 0 Å². The molecular weight excluding hydrogens is 346 g/mol. The maximum absolute atomic E-state index is 6.71. The van der Waals surface area contributed by atoms with Crippen molar-refractivity contribution in [2.24, 2.45) is 22.2 Å². The van der Waals surface area contributed by atoms with Crippen LogP contribution in [-0.4, -0.2) is 37.0 Å². The number of ether oxygens (including phenoxy) is 2. The van der Waals surface area contributed by atoms with E-state index in [1.54, 1.807) is 0 Å². The molecular formula is C25H39NO2. The first-order chi connectivity index (χ1) is 13.3. The molecule has 3 fully saturated rings. The minimum atomic E-state index is -0.103. The second-order valence-corrected chi connectivity index (χ2v) is 10.4. The van der Waals surface area contributed by atoms with Crippen molar-refractivity contribution in [2.75, 3.05) is 19.7 Å². The highest BCUT2D eigenvalue weighted by Crippen LogP contribution is 2.75. The standard InChI is InChI=1S/C25H39NO2/c1-6-24(5)23(3,4)21(12-13-25(24)16-19(25)2)28-22-18-26(14-15-27-22)17-20-10-8-7-9-11-20/h7-11,19,21-22H,6,12-18H2,1-5H3. The summed E-state index contributed by atoms with van der Waals surface area (Å²) in [6.45, 7) is 15.9. The fraction of sp³-hybridized carbons (Fsp3) is 0.760. The lowest BCUT2D eigenvalue weighted by Gasteiger charge is -2.58. The fourth-order valence-electron chi connectivity index (χ4n) is 6.59. The van der Waals surface area contributed by atoms with Gasteiger partial charge in [-0.2, -0.15) is 0 Å². The van der Waals surface area contributed by atoms with E-state index in [0.717, 1.165) is 32.2 Å². The van der Waals surface area contributed by atoms with E-state index in [4.69, 9.17) is 9.47 Å². The van der Waals surface area contributed by atoms with Gasteiger partial charge in [0.25, 0.3) is 0 Å². The van der Waals surface area contributed by atoms with E-state index in [2.05, 4.69) is 69.9 Å². The molecule has 3 heteroatoms. The molecule has 3 aliphatic rings. The van der Waals surface area contributed by atoms with Crippen molar-refractivity contribution in [2.45, 2.75) is 79.2 Å². The van der Waals surface area contributed by atoms with Crippen molar-refractivity contribution in [1.82, 2.24) is 4.90 Å². The molecule has 5 atom stereocenters. The molecule has 3 nitrogen and oxygen atoms in total. The Kier molecular flexibility index (Phi) is 5.39. The molecule has 0 amide bonds. The molecule has 2 aliphatic carbocycles. The van der Waals surface area contributed by atoms with Crippen LogP contribution in [-0.2, 0) is 16.0 Å². The molecule has 1 spiro atoms. The molecule has 2 saturated carbocycles. The predicted octanol–water partition coefficient (Wildman–Crippen LogP) is 5.49. The average Bonchev–Trinajstić information content (AvgIpc) is 3.35. The topological polar surface area (TPSA) is 21.7 Å². The maximum atomic E-state index is 6.71. The fourth-order valence-corrected chi connectivity index (χ4v) is 6.59. The molecule has 0 radical (unpaired) electrons. The molecule has 1 aliphatic heterocycles. The molecule has 0 N–H and O–H groups in total. The van der Waals surface area contributed by atoms with Crippen LogP contribution in [0.3, 0.4) is 0 Å². The summed E-state index contributed by atoms with van der Waals surface area (Å²) >= 11 is 0. The largest absolute Gasteiger partial charge is 0.350 e. The lowest BCUT2D eigenvalue weighted by atomic mass is 9.49. The Labute approximate surface area is 171 Å². The second kappa shape index (κ2) is 7.41. The van der Waals surface area contributed by atoms with E-state index in [1.165, 1.54) is 31.2 Å². The van der Waals surface area contributed by atoms with E-state index in [9.17, 15) is 0 Å². The van der Waals surface area contributed by atoms with Crippen LogP contribution >= 0.6 is 0 Å². The van der Waals surface area contributed by atoms with Crippen molar-refractivity contribution in [3.05, 3.63) is 35.9 Å². The van der Waals surface area contributed by atoms with Crippen LogP contribution in [0.25, 0.3) is 0 Å². The van der Waals surface area contributed by atoms with E-state index < -0.39 is 0 Å². The SMILES string of the molecule is CCC1(C)C(C)(C)C(OC2CN(Cc3ccccc3)CCO2)CCC12CC2C. The van der Waals surface area contributed by atoms with Crippen molar-refractivity contribution in [3.8, 4) is 0 Å². The molecule has 5 unspecified atom stereocenters. The molecule has 4 rings (SSSR count). The number of hydrogen-bond donors (Lipinski definition) is 0. The Hall–Kier alpha value is -0.900. The zero-order valence-electron chi connectivity index (χ0n) is 18.5. The van der Waals surface area contributed by atoms with Crippen molar-refractivity contribution in [3.63, 3.8) is 0 Å². The first-order valence-electron chi connectivity index (χ1n) is 11.4. The maximum Gasteiger partial charge on any atom is 0.170 e. The zero-order chi connectivity index (χ0) is 20.0. The molecule has 0 bridgehead atoms. The van der Waals surface area contributed by atoms with Crippen LogP contribution < -0.4 is 0 Å². The van der Waals surface area contributed by atoms with Crippen molar-refractivity contribution >= 4 is 0 Å². The normalized spacial score (nSPS) is 40.5. The highest BCUT2D eigenvalue weighted by atomic mass is 16.7. The summed E-state index contributed by atoms with van der Waals surface area (Å²) in [5.41, 5.74) is 2.40. The first kappa shape index (κ1) is 20.4. The van der Waals surface area contributed by atoms with Gasteiger partial charge in [0, 0.05) is 19.6 Å². The minimum Gasteiger partial charge on any atom is -0.350 e. The van der Waals surface area contributed by atoms with Gasteiger partial charge in [0.05, 0.1) is 12.7 Å². The number of nitrogens with zero attached hydrogens (tertiary/aromatic N) is 1. The third kappa shape index (κ3) is 3.24. The molecule has 1 aromatic carbocycles. The summed E-state index contributed by atoms with van der Waals surface area (Å²) in [5.74, 6) is 0.866. The Balaban J connectivity index is 1.42. The smallest absolute Gasteiger partial charge is 0.170 e. The van der Waals surface area contributed by atoms with Crippen LogP contribution in [0.2, 0.25) is 0 Å². The minimum absolute atomic E-state index is 0.103. The van der Waals surface area contributed by atoms with Gasteiger partial charge in [-0.25, -0.2) is 0 Å². The molecule has 0 aromatic heterocycles. The van der Waals surface area contributed by atoms with Gasteiger partial charge >= 0.3 is 0 Å². The molecule has 156 valence electrons. The van der Waals surface area contributed by atoms with Gasteiger partial charge in [-0.3, -0.25) is 4.90 Å². The molecule has 28 heavy (non-hydrogen) atoms. The highest BCUT2D eigenvalue weighted by molar-refractivity contribution is 5.18. The second-order valence-electron chi connectivity index (χ2n) is 10.4. The van der Waals surface area contributed by atoms with Crippen molar-refractivity contribution < 1.29 is 9.47 Å². The number of rotatable bonds is 5. The summed E-state index contributed by atoms with van der Waals surface area (Å²) in [5, 5.41) is 0. The Morgan fingerprint density at radius 1 is 1.18 bits per heavy atom. The van der Waals surface area contributed by atoms with Gasteiger partial charge < -0.3 is 9.47 Å². The van der Waals surface area contributed by atoms with Crippen LogP contribution in [0.5, 0.6) is 0 Å². The summed E-state index contributed by atoms with van der Waals surface area (Å²) < 4.78 is 12.8. The lowest BCUT2D eigenvalue weighted by molar-refractivity contribution is -0.253. The lowest BCUT2D eigenvalue weighted by Crippen LogP contribution is -2.56. The highest BCUT2D eigenvalue weighted by Gasteiger charge is 2.69. The molecule has 1 saturated heterocycles. The van der Waals surface area contributed by atoms with E-state index in [0.29, 0.717) is 10.8 Å². The van der Waals surface area contributed by atoms with Crippen LogP contribution in [0, 0.1) is 22.2 Å². The van der Waals surface area contributed by atoms with Crippen LogP contribution in [0.1, 0.15) is 65.9 Å². The molecule has 1 aromatic rings. The predicted molar refractivity (Wildman–Crippen MR) is 114 cm³/mol. The van der Waals surface area contributed by atoms with Gasteiger partial charge in [-0.05, 0) is 53.4 Å². The third-order valence-electron chi connectivity index (χ3n) is 9.02. The van der Waals surface area contributed by atoms with E-state index in [-0.39, 0.29) is 17.8 Å². The quantitative estimate of drug-likeness (QED) is 0.669. The third-order valence-corrected chi connectivity index (χ3v) is 9.02. The summed E-state index contributed by atoms with van der Waals surface area (Å²) in [4.78, 5) is 2.48. The Morgan fingerprint density at radius 3 is 2.54 bits per heavy atom. The van der Waals surface area contributed by atoms with Gasteiger partial charge in [-0.1, -0.05) is 65.0 Å². The number of morpholine rings is 1. The average molecular weight is 386 g/mol. The summed E-state index contributed by atoms with van der Waals surface area (Å²) in [6, 6.07) is 10.7. The zero-order valence-corrected chi connectivity index (χ0v) is 18.5. The van der Waals surface area contributed by atoms with Gasteiger partial charge in [0.1, 0.15) is 0 Å². The summed E-state index contributed by atoms with van der Waals surface area (Å²) in [7, 11) is 0. The van der Waals surface area contributed by atoms with E-state index >= 15 is 0 Å². The first-order valence-corrected chi connectivity index (χ1v) is 11.4. The van der Waals surface area contributed by atoms with Gasteiger partial charge in [0.15, 0.2) is 6.29 Å². The van der Waals surface area contributed by atoms with Crippen LogP contribution in [0.4, 0.5) is 0 Å². The molecule has 1 heterocycles. The number of benzene rings is 1. The van der Waals surface area contributed by atoms with Crippen molar-refractivity contribution in [1.29, 1.82) is 0 Å². The monoisotopic (exact) mass is 385 g/mol. The Morgan fingerprint density at radius 2 is 1.89 bits per heavy atom. The summed E-state index contributed by atoms with van der Waals surface area (Å²) in [6.07, 6.45) is 5.29. The van der Waals surface area contributed by atoms with Crippen LogP contribution in [0.15, 0.2) is 30.3 Å².